The summed E-state index contributed by atoms with van der Waals surface area (Å²) in [4.78, 5) is 23.2. The number of carbonyl (C=O) groups excluding carboxylic acids is 2. The van der Waals surface area contributed by atoms with E-state index in [9.17, 15) is 9.59 Å². The zero-order valence-corrected chi connectivity index (χ0v) is 13.5. The third kappa shape index (κ3) is 5.63. The second kappa shape index (κ2) is 8.26. The number of ether oxygens (including phenoxy) is 3. The Labute approximate surface area is 130 Å². The lowest BCUT2D eigenvalue weighted by molar-refractivity contribution is -0.149. The summed E-state index contributed by atoms with van der Waals surface area (Å²) in [5.41, 5.74) is -1.03. The zero-order chi connectivity index (χ0) is 16.6. The summed E-state index contributed by atoms with van der Waals surface area (Å²) in [5.74, 6) is 0.789. The van der Waals surface area contributed by atoms with Crippen LogP contribution in [-0.2, 0) is 14.3 Å². The zero-order valence-electron chi connectivity index (χ0n) is 13.5. The van der Waals surface area contributed by atoms with Crippen molar-refractivity contribution in [2.45, 2.75) is 32.2 Å². The smallest absolute Gasteiger partial charge is 0.330 e. The lowest BCUT2D eigenvalue weighted by Gasteiger charge is -2.23. The Balaban J connectivity index is 2.28. The normalized spacial score (nSPS) is 10.7. The fraction of sp³-hybridized carbons (Fsp3) is 0.500. The van der Waals surface area contributed by atoms with Crippen molar-refractivity contribution in [1.29, 1.82) is 0 Å². The predicted octanol–water partition coefficient (Wildman–Crippen LogP) is 1.92. The molecule has 0 saturated carbocycles. The van der Waals surface area contributed by atoms with E-state index in [0.717, 1.165) is 11.5 Å². The van der Waals surface area contributed by atoms with E-state index < -0.39 is 11.5 Å². The number of benzene rings is 1. The van der Waals surface area contributed by atoms with E-state index in [0.29, 0.717) is 13.0 Å². The van der Waals surface area contributed by atoms with E-state index in [4.69, 9.17) is 9.47 Å². The molecule has 6 heteroatoms. The van der Waals surface area contributed by atoms with Gasteiger partial charge in [-0.15, -0.1) is 0 Å². The molecule has 122 valence electrons. The molecule has 0 aromatic heterocycles. The molecule has 0 spiro atoms. The van der Waals surface area contributed by atoms with Gasteiger partial charge in [-0.1, -0.05) is 0 Å². The van der Waals surface area contributed by atoms with Gasteiger partial charge in [0.15, 0.2) is 0 Å². The predicted molar refractivity (Wildman–Crippen MR) is 82.0 cm³/mol. The number of carbonyl (C=O) groups is 2. The Morgan fingerprint density at radius 3 is 2.23 bits per heavy atom. The van der Waals surface area contributed by atoms with Crippen LogP contribution in [0.5, 0.6) is 11.5 Å². The van der Waals surface area contributed by atoms with Gasteiger partial charge >= 0.3 is 5.97 Å². The highest BCUT2D eigenvalue weighted by Gasteiger charge is 2.30. The third-order valence-electron chi connectivity index (χ3n) is 3.02. The highest BCUT2D eigenvalue weighted by atomic mass is 16.5. The Hall–Kier alpha value is -2.24. The van der Waals surface area contributed by atoms with Crippen molar-refractivity contribution in [2.24, 2.45) is 0 Å². The number of rotatable bonds is 8. The van der Waals surface area contributed by atoms with Gasteiger partial charge in [0.1, 0.15) is 17.0 Å². The summed E-state index contributed by atoms with van der Waals surface area (Å²) in [6, 6.07) is 7.22. The molecular formula is C16H23NO5. The maximum Gasteiger partial charge on any atom is 0.330 e. The molecule has 0 aliphatic heterocycles. The Morgan fingerprint density at radius 1 is 1.09 bits per heavy atom. The molecule has 0 fully saturated rings. The molecule has 1 amide bonds. The molecule has 1 aromatic carbocycles. The average Bonchev–Trinajstić information content (AvgIpc) is 2.50. The monoisotopic (exact) mass is 309 g/mol. The van der Waals surface area contributed by atoms with Crippen LogP contribution in [0.25, 0.3) is 0 Å². The SMILES string of the molecule is COC(=O)C(C)(C)NC(=O)CCCOc1ccc(OC)cc1. The van der Waals surface area contributed by atoms with Crippen LogP contribution in [0.3, 0.4) is 0 Å². The minimum absolute atomic E-state index is 0.214. The first-order chi connectivity index (χ1) is 10.4. The number of nitrogens with one attached hydrogen (secondary N) is 1. The summed E-state index contributed by atoms with van der Waals surface area (Å²) in [5, 5.41) is 2.64. The molecule has 0 aliphatic rings. The van der Waals surface area contributed by atoms with Gasteiger partial charge in [0.2, 0.25) is 5.91 Å². The average molecular weight is 309 g/mol. The summed E-state index contributed by atoms with van der Waals surface area (Å²) < 4.78 is 15.2. The van der Waals surface area contributed by atoms with Crippen LogP contribution >= 0.6 is 0 Å². The molecular weight excluding hydrogens is 286 g/mol. The van der Waals surface area contributed by atoms with Crippen molar-refractivity contribution in [3.8, 4) is 11.5 Å². The number of amides is 1. The molecule has 0 atom stereocenters. The van der Waals surface area contributed by atoms with Gasteiger partial charge in [0.25, 0.3) is 0 Å². The van der Waals surface area contributed by atoms with Crippen LogP contribution in [-0.4, -0.2) is 38.2 Å². The van der Waals surface area contributed by atoms with E-state index in [2.05, 4.69) is 10.1 Å². The molecule has 0 unspecified atom stereocenters. The molecule has 0 aliphatic carbocycles. The van der Waals surface area contributed by atoms with Gasteiger partial charge in [-0.05, 0) is 44.5 Å². The second-order valence-electron chi connectivity index (χ2n) is 5.29. The van der Waals surface area contributed by atoms with Gasteiger partial charge in [-0.25, -0.2) is 4.79 Å². The van der Waals surface area contributed by atoms with Crippen molar-refractivity contribution >= 4 is 11.9 Å². The van der Waals surface area contributed by atoms with Gasteiger partial charge in [0, 0.05) is 6.42 Å². The maximum absolute atomic E-state index is 11.8. The van der Waals surface area contributed by atoms with E-state index in [1.165, 1.54) is 7.11 Å². The molecule has 0 bridgehead atoms. The number of methoxy groups -OCH3 is 2. The van der Waals surface area contributed by atoms with Crippen LogP contribution < -0.4 is 14.8 Å². The second-order valence-corrected chi connectivity index (χ2v) is 5.29. The van der Waals surface area contributed by atoms with Crippen LogP contribution in [0, 0.1) is 0 Å². The quantitative estimate of drug-likeness (QED) is 0.586. The lowest BCUT2D eigenvalue weighted by Crippen LogP contribution is -2.50. The molecule has 1 rings (SSSR count). The maximum atomic E-state index is 11.8. The summed E-state index contributed by atoms with van der Waals surface area (Å²) >= 11 is 0. The highest BCUT2D eigenvalue weighted by Crippen LogP contribution is 2.17. The van der Waals surface area contributed by atoms with Crippen molar-refractivity contribution in [3.63, 3.8) is 0 Å². The lowest BCUT2D eigenvalue weighted by atomic mass is 10.1. The number of hydrogen-bond acceptors (Lipinski definition) is 5. The molecule has 6 nitrogen and oxygen atoms in total. The van der Waals surface area contributed by atoms with Gasteiger partial charge < -0.3 is 19.5 Å². The van der Waals surface area contributed by atoms with E-state index in [1.807, 2.05) is 0 Å². The molecule has 0 heterocycles. The fourth-order valence-corrected chi connectivity index (χ4v) is 1.81. The number of hydrogen-bond donors (Lipinski definition) is 1. The fourth-order valence-electron chi connectivity index (χ4n) is 1.81. The van der Waals surface area contributed by atoms with Crippen LogP contribution in [0.4, 0.5) is 0 Å². The first kappa shape index (κ1) is 17.8. The van der Waals surface area contributed by atoms with E-state index in [-0.39, 0.29) is 12.3 Å². The van der Waals surface area contributed by atoms with Crippen molar-refractivity contribution in [3.05, 3.63) is 24.3 Å². The standard InChI is InChI=1S/C16H23NO5/c1-16(2,15(19)21-4)17-14(18)6-5-11-22-13-9-7-12(20-3)8-10-13/h7-10H,5-6,11H2,1-4H3,(H,17,18). The van der Waals surface area contributed by atoms with Crippen LogP contribution in [0.15, 0.2) is 24.3 Å². The Morgan fingerprint density at radius 2 is 1.68 bits per heavy atom. The third-order valence-corrected chi connectivity index (χ3v) is 3.02. The van der Waals surface area contributed by atoms with E-state index >= 15 is 0 Å². The largest absolute Gasteiger partial charge is 0.497 e. The first-order valence-electron chi connectivity index (χ1n) is 7.05. The first-order valence-corrected chi connectivity index (χ1v) is 7.05. The molecule has 22 heavy (non-hydrogen) atoms. The molecule has 1 N–H and O–H groups in total. The van der Waals surface area contributed by atoms with Gasteiger partial charge in [-0.2, -0.15) is 0 Å². The van der Waals surface area contributed by atoms with Crippen LogP contribution in [0.2, 0.25) is 0 Å². The number of esters is 1. The van der Waals surface area contributed by atoms with Crippen molar-refractivity contribution in [2.75, 3.05) is 20.8 Å². The molecule has 1 aromatic rings. The van der Waals surface area contributed by atoms with Crippen LogP contribution in [0.1, 0.15) is 26.7 Å². The Bertz CT molecular complexity index is 496. The molecule has 0 saturated heterocycles. The minimum Gasteiger partial charge on any atom is -0.497 e. The summed E-state index contributed by atoms with van der Waals surface area (Å²) in [7, 11) is 2.89. The highest BCUT2D eigenvalue weighted by molar-refractivity contribution is 5.87. The van der Waals surface area contributed by atoms with E-state index in [1.54, 1.807) is 45.2 Å². The van der Waals surface area contributed by atoms with Crippen molar-refractivity contribution < 1.29 is 23.8 Å². The molecule has 0 radical (unpaired) electrons. The topological polar surface area (TPSA) is 73.9 Å². The van der Waals surface area contributed by atoms with Gasteiger partial charge in [-0.3, -0.25) is 4.79 Å². The Kier molecular flexibility index (Phi) is 6.69. The van der Waals surface area contributed by atoms with Crippen molar-refractivity contribution in [1.82, 2.24) is 5.32 Å². The summed E-state index contributed by atoms with van der Waals surface area (Å²) in [6.07, 6.45) is 0.825. The summed E-state index contributed by atoms with van der Waals surface area (Å²) in [6.45, 7) is 3.62. The van der Waals surface area contributed by atoms with Gasteiger partial charge in [0.05, 0.1) is 20.8 Å². The minimum atomic E-state index is -1.03.